The van der Waals surface area contributed by atoms with Crippen LogP contribution in [0.5, 0.6) is 0 Å². The van der Waals surface area contributed by atoms with Crippen LogP contribution in [-0.4, -0.2) is 53.5 Å². The van der Waals surface area contributed by atoms with Crippen LogP contribution >= 0.6 is 47.1 Å². The number of aliphatic imine (C=N–C) groups is 1. The molecule has 0 aliphatic carbocycles. The maximum absolute atomic E-state index is 4.49. The molecular weight excluding hydrogens is 427 g/mol. The number of halogens is 1. The van der Waals surface area contributed by atoms with Crippen molar-refractivity contribution in [3.05, 3.63) is 15.6 Å². The van der Waals surface area contributed by atoms with Crippen LogP contribution in [0.3, 0.4) is 0 Å². The third-order valence-electron chi connectivity index (χ3n) is 3.74. The molecule has 1 aliphatic rings. The number of hydrogen-bond acceptors (Lipinski definition) is 4. The van der Waals surface area contributed by atoms with Gasteiger partial charge in [-0.1, -0.05) is 6.92 Å². The van der Waals surface area contributed by atoms with E-state index in [-0.39, 0.29) is 24.0 Å². The Balaban J connectivity index is 0.00000242. The Hall–Kier alpha value is -0.0200. The van der Waals surface area contributed by atoms with E-state index < -0.39 is 0 Å². The molecule has 0 saturated carbocycles. The van der Waals surface area contributed by atoms with E-state index >= 15 is 0 Å². The highest BCUT2D eigenvalue weighted by Gasteiger charge is 2.21. The number of nitrogens with one attached hydrogen (secondary N) is 1. The largest absolute Gasteiger partial charge is 0.356 e. The summed E-state index contributed by atoms with van der Waals surface area (Å²) in [5.74, 6) is 2.25. The first-order valence-electron chi connectivity index (χ1n) is 7.64. The number of guanidine groups is 1. The highest BCUT2D eigenvalue weighted by Crippen LogP contribution is 2.21. The summed E-state index contributed by atoms with van der Waals surface area (Å²) >= 11 is 3.89. The summed E-state index contributed by atoms with van der Waals surface area (Å²) in [7, 11) is 1.88. The topological polar surface area (TPSA) is 40.5 Å². The van der Waals surface area contributed by atoms with Gasteiger partial charge in [-0.3, -0.25) is 4.99 Å². The summed E-state index contributed by atoms with van der Waals surface area (Å²) in [6.07, 6.45) is 2.26. The first kappa shape index (κ1) is 20.0. The molecule has 0 radical (unpaired) electrons. The van der Waals surface area contributed by atoms with Crippen LogP contribution in [0.4, 0.5) is 0 Å². The molecular formula is C15H27IN4S2. The van der Waals surface area contributed by atoms with E-state index in [1.807, 2.05) is 7.05 Å². The van der Waals surface area contributed by atoms with Crippen LogP contribution in [-0.2, 0) is 6.42 Å². The van der Waals surface area contributed by atoms with Gasteiger partial charge in [0, 0.05) is 49.0 Å². The minimum Gasteiger partial charge on any atom is -0.356 e. The van der Waals surface area contributed by atoms with Crippen molar-refractivity contribution in [1.29, 1.82) is 0 Å². The number of thiazole rings is 1. The van der Waals surface area contributed by atoms with E-state index in [1.165, 1.54) is 22.7 Å². The normalized spacial score (nSPS) is 19.0. The van der Waals surface area contributed by atoms with E-state index in [0.29, 0.717) is 0 Å². The van der Waals surface area contributed by atoms with Gasteiger partial charge in [0.25, 0.3) is 0 Å². The summed E-state index contributed by atoms with van der Waals surface area (Å²) < 4.78 is 0. The lowest BCUT2D eigenvalue weighted by molar-refractivity contribution is 0.408. The van der Waals surface area contributed by atoms with Crippen molar-refractivity contribution in [2.75, 3.05) is 32.4 Å². The first-order valence-corrected chi connectivity index (χ1v) is 9.50. The van der Waals surface area contributed by atoms with Crippen molar-refractivity contribution < 1.29 is 0 Å². The summed E-state index contributed by atoms with van der Waals surface area (Å²) in [4.78, 5) is 12.7. The number of nitrogens with zero attached hydrogens (tertiary/aromatic N) is 3. The Morgan fingerprint density at radius 2 is 2.23 bits per heavy atom. The van der Waals surface area contributed by atoms with Crippen molar-refractivity contribution in [1.82, 2.24) is 15.2 Å². The number of thioether (sulfide) groups is 1. The van der Waals surface area contributed by atoms with E-state index in [0.717, 1.165) is 42.3 Å². The van der Waals surface area contributed by atoms with Gasteiger partial charge in [-0.15, -0.1) is 35.3 Å². The average molecular weight is 454 g/mol. The number of rotatable bonds is 4. The Bertz CT molecular complexity index is 490. The highest BCUT2D eigenvalue weighted by atomic mass is 127. The lowest BCUT2D eigenvalue weighted by Gasteiger charge is -2.34. The van der Waals surface area contributed by atoms with E-state index in [1.54, 1.807) is 11.3 Å². The van der Waals surface area contributed by atoms with Gasteiger partial charge in [-0.05, 0) is 20.3 Å². The van der Waals surface area contributed by atoms with Crippen molar-refractivity contribution in [2.45, 2.75) is 38.9 Å². The lowest BCUT2D eigenvalue weighted by atomic mass is 10.3. The molecule has 22 heavy (non-hydrogen) atoms. The summed E-state index contributed by atoms with van der Waals surface area (Å²) in [5, 5.41) is 5.41. The zero-order chi connectivity index (χ0) is 15.2. The standard InChI is InChI=1S/C15H26N4S2.HI/c1-5-13-10-19(8-9-20-13)15(16-4)17-7-6-14-11(2)18-12(3)21-14;/h13H,5-10H2,1-4H3,(H,16,17);1H. The number of hydrogen-bond donors (Lipinski definition) is 1. The zero-order valence-electron chi connectivity index (χ0n) is 13.9. The molecule has 1 aliphatic heterocycles. The molecule has 4 nitrogen and oxygen atoms in total. The second-order valence-corrected chi connectivity index (χ2v) is 8.01. The Morgan fingerprint density at radius 1 is 1.45 bits per heavy atom. The number of aromatic nitrogens is 1. The molecule has 2 rings (SSSR count). The molecule has 0 bridgehead atoms. The Morgan fingerprint density at radius 3 is 2.82 bits per heavy atom. The van der Waals surface area contributed by atoms with Gasteiger partial charge < -0.3 is 10.2 Å². The molecule has 126 valence electrons. The average Bonchev–Trinajstić information content (AvgIpc) is 2.81. The molecule has 0 spiro atoms. The molecule has 1 aromatic heterocycles. The fraction of sp³-hybridized carbons (Fsp3) is 0.733. The summed E-state index contributed by atoms with van der Waals surface area (Å²) in [6, 6.07) is 0. The second-order valence-electron chi connectivity index (χ2n) is 5.31. The van der Waals surface area contributed by atoms with Gasteiger partial charge in [0.2, 0.25) is 0 Å². The molecule has 1 unspecified atom stereocenters. The quantitative estimate of drug-likeness (QED) is 0.431. The molecule has 2 heterocycles. The van der Waals surface area contributed by atoms with Gasteiger partial charge in [0.05, 0.1) is 10.7 Å². The fourth-order valence-corrected chi connectivity index (χ4v) is 4.70. The van der Waals surface area contributed by atoms with E-state index in [4.69, 9.17) is 0 Å². The summed E-state index contributed by atoms with van der Waals surface area (Å²) in [5.41, 5.74) is 1.18. The molecule has 7 heteroatoms. The fourth-order valence-electron chi connectivity index (χ4n) is 2.58. The Kier molecular flexibility index (Phi) is 9.08. The zero-order valence-corrected chi connectivity index (χ0v) is 17.8. The van der Waals surface area contributed by atoms with Gasteiger partial charge >= 0.3 is 0 Å². The SMILES string of the molecule is CCC1CN(C(=NC)NCCc2sc(C)nc2C)CCS1.I. The molecule has 1 aromatic rings. The van der Waals surface area contributed by atoms with Gasteiger partial charge in [0.15, 0.2) is 5.96 Å². The Labute approximate surface area is 159 Å². The van der Waals surface area contributed by atoms with Crippen LogP contribution < -0.4 is 5.32 Å². The maximum Gasteiger partial charge on any atom is 0.193 e. The van der Waals surface area contributed by atoms with Crippen LogP contribution in [0.25, 0.3) is 0 Å². The summed E-state index contributed by atoms with van der Waals surface area (Å²) in [6.45, 7) is 9.58. The first-order chi connectivity index (χ1) is 10.1. The minimum atomic E-state index is 0. The highest BCUT2D eigenvalue weighted by molar-refractivity contribution is 14.0. The maximum atomic E-state index is 4.49. The molecule has 1 saturated heterocycles. The monoisotopic (exact) mass is 454 g/mol. The third kappa shape index (κ3) is 5.56. The van der Waals surface area contributed by atoms with Crippen LogP contribution in [0.2, 0.25) is 0 Å². The molecule has 1 atom stereocenters. The van der Waals surface area contributed by atoms with Crippen molar-refractivity contribution >= 4 is 53.0 Å². The predicted octanol–water partition coefficient (Wildman–Crippen LogP) is 3.32. The molecule has 0 amide bonds. The lowest BCUT2D eigenvalue weighted by Crippen LogP contribution is -2.48. The molecule has 1 fully saturated rings. The van der Waals surface area contributed by atoms with Crippen molar-refractivity contribution in [3.63, 3.8) is 0 Å². The number of aryl methyl sites for hydroxylation is 2. The van der Waals surface area contributed by atoms with E-state index in [9.17, 15) is 0 Å². The molecule has 1 N–H and O–H groups in total. The van der Waals surface area contributed by atoms with Gasteiger partial charge in [0.1, 0.15) is 0 Å². The van der Waals surface area contributed by atoms with Crippen molar-refractivity contribution in [3.8, 4) is 0 Å². The van der Waals surface area contributed by atoms with Crippen LogP contribution in [0, 0.1) is 13.8 Å². The third-order valence-corrected chi connectivity index (χ3v) is 6.24. The smallest absolute Gasteiger partial charge is 0.193 e. The van der Waals surface area contributed by atoms with Gasteiger partial charge in [-0.25, -0.2) is 4.98 Å². The van der Waals surface area contributed by atoms with Crippen LogP contribution in [0.1, 0.15) is 28.9 Å². The minimum absolute atomic E-state index is 0. The van der Waals surface area contributed by atoms with E-state index in [2.05, 4.69) is 52.7 Å². The molecule has 0 aromatic carbocycles. The predicted molar refractivity (Wildman–Crippen MR) is 110 cm³/mol. The van der Waals surface area contributed by atoms with Crippen molar-refractivity contribution in [2.24, 2.45) is 4.99 Å². The van der Waals surface area contributed by atoms with Crippen LogP contribution in [0.15, 0.2) is 4.99 Å². The van der Waals surface area contributed by atoms with Gasteiger partial charge in [-0.2, -0.15) is 11.8 Å². The second kappa shape index (κ2) is 9.97.